The predicted molar refractivity (Wildman–Crippen MR) is 66.9 cm³/mol. The molecule has 0 saturated heterocycles. The molecule has 0 aromatic heterocycles. The van der Waals surface area contributed by atoms with Gasteiger partial charge in [0, 0.05) is 13.1 Å². The van der Waals surface area contributed by atoms with Gasteiger partial charge >= 0.3 is 0 Å². The van der Waals surface area contributed by atoms with Gasteiger partial charge in [0.15, 0.2) is 0 Å². The van der Waals surface area contributed by atoms with Crippen molar-refractivity contribution in [3.63, 3.8) is 0 Å². The molecule has 0 saturated carbocycles. The molecule has 0 aliphatic carbocycles. The van der Waals surface area contributed by atoms with Gasteiger partial charge < -0.3 is 25.0 Å². The van der Waals surface area contributed by atoms with Crippen LogP contribution in [0.25, 0.3) is 0 Å². The van der Waals surface area contributed by atoms with Crippen molar-refractivity contribution in [1.29, 1.82) is 0 Å². The highest BCUT2D eigenvalue weighted by molar-refractivity contribution is 4.68. The molecule has 0 rings (SSSR count). The molecule has 5 nitrogen and oxygen atoms in total. The average Bonchev–Trinajstić information content (AvgIpc) is 2.30. The van der Waals surface area contributed by atoms with Crippen molar-refractivity contribution >= 4 is 0 Å². The molecule has 0 aromatic rings. The zero-order valence-electron chi connectivity index (χ0n) is 10.2. The zero-order chi connectivity index (χ0) is 12.9. The quantitative estimate of drug-likeness (QED) is 0.325. The topological polar surface area (TPSA) is 71.0 Å². The summed E-state index contributed by atoms with van der Waals surface area (Å²) in [4.78, 5) is 0. The minimum Gasteiger partial charge on any atom is -0.389 e. The lowest BCUT2D eigenvalue weighted by Crippen LogP contribution is -2.36. The monoisotopic (exact) mass is 245 g/mol. The van der Waals surface area contributed by atoms with E-state index < -0.39 is 12.2 Å². The molecular formula is C12H23NO4. The van der Waals surface area contributed by atoms with Gasteiger partial charge in [0.05, 0.1) is 38.6 Å². The fourth-order valence-corrected chi connectivity index (χ4v) is 1.11. The SMILES string of the molecule is C=CCOC[C@H](O)CNC[C@@H](O)COCC=C. The van der Waals surface area contributed by atoms with Crippen molar-refractivity contribution in [3.8, 4) is 0 Å². The Morgan fingerprint density at radius 2 is 1.35 bits per heavy atom. The summed E-state index contributed by atoms with van der Waals surface area (Å²) in [7, 11) is 0. The second-order valence-corrected chi connectivity index (χ2v) is 3.62. The maximum Gasteiger partial charge on any atom is 0.0897 e. The van der Waals surface area contributed by atoms with Crippen LogP contribution in [0, 0.1) is 0 Å². The van der Waals surface area contributed by atoms with Crippen LogP contribution in [-0.2, 0) is 9.47 Å². The van der Waals surface area contributed by atoms with Gasteiger partial charge in [-0.15, -0.1) is 13.2 Å². The summed E-state index contributed by atoms with van der Waals surface area (Å²) in [6, 6.07) is 0. The van der Waals surface area contributed by atoms with E-state index >= 15 is 0 Å². The minimum atomic E-state index is -0.587. The second-order valence-electron chi connectivity index (χ2n) is 3.62. The maximum atomic E-state index is 9.45. The van der Waals surface area contributed by atoms with Gasteiger partial charge in [-0.1, -0.05) is 12.2 Å². The van der Waals surface area contributed by atoms with Crippen LogP contribution < -0.4 is 5.32 Å². The number of aliphatic hydroxyl groups excluding tert-OH is 2. The van der Waals surface area contributed by atoms with E-state index in [1.54, 1.807) is 12.2 Å². The van der Waals surface area contributed by atoms with Crippen LogP contribution in [-0.4, -0.2) is 61.9 Å². The zero-order valence-corrected chi connectivity index (χ0v) is 10.2. The largest absolute Gasteiger partial charge is 0.389 e. The standard InChI is InChI=1S/C12H23NO4/c1-3-5-16-9-11(14)7-13-8-12(15)10-17-6-4-2/h3-4,11-15H,1-2,5-10H2/t11-,12-/m1/s1. The molecule has 0 heterocycles. The summed E-state index contributed by atoms with van der Waals surface area (Å²) in [5, 5.41) is 21.8. The summed E-state index contributed by atoms with van der Waals surface area (Å²) < 4.78 is 10.2. The molecule has 0 unspecified atom stereocenters. The van der Waals surface area contributed by atoms with E-state index in [0.29, 0.717) is 26.3 Å². The van der Waals surface area contributed by atoms with E-state index in [9.17, 15) is 10.2 Å². The Hall–Kier alpha value is -0.720. The van der Waals surface area contributed by atoms with Gasteiger partial charge in [0.2, 0.25) is 0 Å². The van der Waals surface area contributed by atoms with Crippen LogP contribution in [0.1, 0.15) is 0 Å². The first-order chi connectivity index (χ1) is 8.20. The Morgan fingerprint density at radius 3 is 1.71 bits per heavy atom. The van der Waals surface area contributed by atoms with Gasteiger partial charge in [-0.05, 0) is 0 Å². The number of aliphatic hydroxyl groups is 2. The van der Waals surface area contributed by atoms with Crippen LogP contribution in [0.5, 0.6) is 0 Å². The van der Waals surface area contributed by atoms with E-state index in [4.69, 9.17) is 9.47 Å². The number of hydrogen-bond donors (Lipinski definition) is 3. The third-order valence-electron chi connectivity index (χ3n) is 1.85. The van der Waals surface area contributed by atoms with E-state index in [1.807, 2.05) is 0 Å². The van der Waals surface area contributed by atoms with Gasteiger partial charge in [0.1, 0.15) is 0 Å². The molecule has 0 radical (unpaired) electrons. The van der Waals surface area contributed by atoms with Crippen molar-refractivity contribution in [2.24, 2.45) is 0 Å². The summed E-state index contributed by atoms with van der Waals surface area (Å²) in [6.45, 7) is 9.10. The highest BCUT2D eigenvalue weighted by Crippen LogP contribution is 1.87. The molecule has 100 valence electrons. The fourth-order valence-electron chi connectivity index (χ4n) is 1.11. The van der Waals surface area contributed by atoms with Crippen LogP contribution in [0.4, 0.5) is 0 Å². The highest BCUT2D eigenvalue weighted by Gasteiger charge is 2.06. The first-order valence-corrected chi connectivity index (χ1v) is 5.64. The van der Waals surface area contributed by atoms with E-state index in [0.717, 1.165) is 0 Å². The van der Waals surface area contributed by atoms with Crippen LogP contribution >= 0.6 is 0 Å². The van der Waals surface area contributed by atoms with Gasteiger partial charge in [0.25, 0.3) is 0 Å². The molecule has 0 spiro atoms. The first-order valence-electron chi connectivity index (χ1n) is 5.64. The molecule has 0 aromatic carbocycles. The number of nitrogens with one attached hydrogen (secondary N) is 1. The number of hydrogen-bond acceptors (Lipinski definition) is 5. The normalized spacial score (nSPS) is 14.2. The molecular weight excluding hydrogens is 222 g/mol. The van der Waals surface area contributed by atoms with E-state index in [1.165, 1.54) is 0 Å². The van der Waals surface area contributed by atoms with E-state index in [2.05, 4.69) is 18.5 Å². The molecule has 17 heavy (non-hydrogen) atoms. The molecule has 0 bridgehead atoms. The highest BCUT2D eigenvalue weighted by atomic mass is 16.5. The van der Waals surface area contributed by atoms with Gasteiger partial charge in [-0.25, -0.2) is 0 Å². The third-order valence-corrected chi connectivity index (χ3v) is 1.85. The van der Waals surface area contributed by atoms with Crippen molar-refractivity contribution < 1.29 is 19.7 Å². The Kier molecular flexibility index (Phi) is 11.3. The maximum absolute atomic E-state index is 9.45. The van der Waals surface area contributed by atoms with Crippen LogP contribution in [0.2, 0.25) is 0 Å². The lowest BCUT2D eigenvalue weighted by molar-refractivity contribution is 0.0350. The smallest absolute Gasteiger partial charge is 0.0897 e. The minimum absolute atomic E-state index is 0.252. The van der Waals surface area contributed by atoms with Crippen molar-refractivity contribution in [2.75, 3.05) is 39.5 Å². The fraction of sp³-hybridized carbons (Fsp3) is 0.667. The molecule has 0 aliphatic rings. The molecule has 3 N–H and O–H groups in total. The molecule has 5 heteroatoms. The number of ether oxygens (including phenoxy) is 2. The van der Waals surface area contributed by atoms with Crippen LogP contribution in [0.3, 0.4) is 0 Å². The summed E-state index contributed by atoms with van der Waals surface area (Å²) in [5.41, 5.74) is 0. The predicted octanol–water partition coefficient (Wildman–Crippen LogP) is -0.297. The molecule has 2 atom stereocenters. The Morgan fingerprint density at radius 1 is 0.941 bits per heavy atom. The third kappa shape index (κ3) is 11.5. The van der Waals surface area contributed by atoms with Crippen molar-refractivity contribution in [3.05, 3.63) is 25.3 Å². The lowest BCUT2D eigenvalue weighted by atomic mass is 10.3. The average molecular weight is 245 g/mol. The summed E-state index contributed by atoms with van der Waals surface area (Å²) >= 11 is 0. The molecule has 0 fully saturated rings. The van der Waals surface area contributed by atoms with Gasteiger partial charge in [-0.2, -0.15) is 0 Å². The van der Waals surface area contributed by atoms with Crippen LogP contribution in [0.15, 0.2) is 25.3 Å². The van der Waals surface area contributed by atoms with Gasteiger partial charge in [-0.3, -0.25) is 0 Å². The summed E-state index contributed by atoms with van der Waals surface area (Å²) in [5.74, 6) is 0. The lowest BCUT2D eigenvalue weighted by Gasteiger charge is -2.14. The second kappa shape index (κ2) is 11.8. The number of rotatable bonds is 12. The molecule has 0 aliphatic heterocycles. The van der Waals surface area contributed by atoms with Crippen molar-refractivity contribution in [1.82, 2.24) is 5.32 Å². The first kappa shape index (κ1) is 16.3. The Labute approximate surface area is 103 Å². The van der Waals surface area contributed by atoms with Crippen molar-refractivity contribution in [2.45, 2.75) is 12.2 Å². The van der Waals surface area contributed by atoms with E-state index in [-0.39, 0.29) is 13.2 Å². The Balaban J connectivity index is 3.35. The summed E-state index contributed by atoms with van der Waals surface area (Å²) in [6.07, 6.45) is 2.08. The molecule has 0 amide bonds. The Bertz CT molecular complexity index is 179.